The molecule has 0 fully saturated rings. The van der Waals surface area contributed by atoms with Crippen LogP contribution in [0.1, 0.15) is 34.1 Å². The van der Waals surface area contributed by atoms with E-state index in [4.69, 9.17) is 0 Å². The molecule has 0 unspecified atom stereocenters. The lowest BCUT2D eigenvalue weighted by Crippen LogP contribution is -2.30. The lowest BCUT2D eigenvalue weighted by Gasteiger charge is -2.21. The molecule has 1 amide bonds. The number of anilines is 1. The van der Waals surface area contributed by atoms with Gasteiger partial charge in [-0.05, 0) is 61.7 Å². The first-order valence-corrected chi connectivity index (χ1v) is 9.04. The van der Waals surface area contributed by atoms with Crippen molar-refractivity contribution in [2.75, 3.05) is 25.5 Å². The number of carbonyl (C=O) groups excluding carboxylic acids is 1. The Balaban J connectivity index is 1.83. The van der Waals surface area contributed by atoms with Gasteiger partial charge in [-0.3, -0.25) is 4.79 Å². The molecule has 2 aromatic carbocycles. The van der Waals surface area contributed by atoms with E-state index in [2.05, 4.69) is 60.1 Å². The number of hydrogen-bond donors (Lipinski definition) is 1. The van der Waals surface area contributed by atoms with Crippen molar-refractivity contribution in [2.45, 2.75) is 27.3 Å². The van der Waals surface area contributed by atoms with E-state index in [9.17, 15) is 4.79 Å². The number of aryl methyl sites for hydroxylation is 2. The molecule has 0 bridgehead atoms. The number of H-pyrrole nitrogens is 1. The molecule has 4 nitrogen and oxygen atoms in total. The largest absolute Gasteiger partial charge is 0.378 e. The molecule has 4 heteroatoms. The maximum absolute atomic E-state index is 13.0. The van der Waals surface area contributed by atoms with E-state index >= 15 is 0 Å². The fraction of sp³-hybridized carbons (Fsp3) is 0.318. The monoisotopic (exact) mass is 349 g/mol. The van der Waals surface area contributed by atoms with E-state index < -0.39 is 0 Å². The van der Waals surface area contributed by atoms with Crippen molar-refractivity contribution in [3.8, 4) is 0 Å². The van der Waals surface area contributed by atoms with Crippen LogP contribution in [0.15, 0.2) is 42.5 Å². The van der Waals surface area contributed by atoms with Crippen LogP contribution in [-0.4, -0.2) is 36.4 Å². The average Bonchev–Trinajstić information content (AvgIpc) is 3.03. The highest BCUT2D eigenvalue weighted by atomic mass is 16.2. The molecule has 26 heavy (non-hydrogen) atoms. The Morgan fingerprint density at radius 2 is 1.73 bits per heavy atom. The minimum absolute atomic E-state index is 0.0393. The van der Waals surface area contributed by atoms with E-state index in [0.29, 0.717) is 18.8 Å². The molecule has 0 saturated heterocycles. The van der Waals surface area contributed by atoms with Crippen molar-refractivity contribution >= 4 is 22.5 Å². The van der Waals surface area contributed by atoms with Crippen molar-refractivity contribution < 1.29 is 4.79 Å². The third-order valence-electron chi connectivity index (χ3n) is 4.81. The Bertz CT molecular complexity index is 922. The molecule has 0 spiro atoms. The van der Waals surface area contributed by atoms with Gasteiger partial charge < -0.3 is 14.8 Å². The molecule has 0 radical (unpaired) electrons. The van der Waals surface area contributed by atoms with Crippen LogP contribution >= 0.6 is 0 Å². The van der Waals surface area contributed by atoms with Crippen molar-refractivity contribution in [1.29, 1.82) is 0 Å². The summed E-state index contributed by atoms with van der Waals surface area (Å²) in [4.78, 5) is 20.3. The first-order chi connectivity index (χ1) is 12.4. The third kappa shape index (κ3) is 3.59. The molecular formula is C22H27N3O. The number of aromatic nitrogens is 1. The maximum atomic E-state index is 13.0. The van der Waals surface area contributed by atoms with Gasteiger partial charge in [0.1, 0.15) is 5.69 Å². The van der Waals surface area contributed by atoms with Gasteiger partial charge in [-0.2, -0.15) is 0 Å². The second kappa shape index (κ2) is 7.24. The summed E-state index contributed by atoms with van der Waals surface area (Å²) in [5, 5.41) is 1.12. The summed E-state index contributed by atoms with van der Waals surface area (Å²) in [6.07, 6.45) is 0. The molecule has 3 aromatic rings. The molecule has 3 rings (SSSR count). The standard InChI is InChI=1S/C22H27N3O/c1-6-25(14-17-7-9-18(10-8-17)24(4)5)22(26)21-13-19-16(3)11-15(2)12-20(19)23-21/h7-13,23H,6,14H2,1-5H3. The molecule has 0 aliphatic heterocycles. The Kier molecular flexibility index (Phi) is 5.03. The molecule has 0 aliphatic carbocycles. The highest BCUT2D eigenvalue weighted by Crippen LogP contribution is 2.23. The second-order valence-electron chi connectivity index (χ2n) is 7.11. The van der Waals surface area contributed by atoms with E-state index in [-0.39, 0.29) is 5.91 Å². The van der Waals surface area contributed by atoms with Crippen LogP contribution in [-0.2, 0) is 6.54 Å². The predicted octanol–water partition coefficient (Wildman–Crippen LogP) is 4.51. The Labute approximate surface area is 155 Å². The molecule has 136 valence electrons. The zero-order chi connectivity index (χ0) is 18.8. The molecule has 0 saturated carbocycles. The van der Waals surface area contributed by atoms with Gasteiger partial charge in [0.2, 0.25) is 0 Å². The second-order valence-corrected chi connectivity index (χ2v) is 7.11. The van der Waals surface area contributed by atoms with E-state index in [1.54, 1.807) is 0 Å². The Morgan fingerprint density at radius 3 is 2.35 bits per heavy atom. The van der Waals surface area contributed by atoms with Gasteiger partial charge in [-0.25, -0.2) is 0 Å². The minimum Gasteiger partial charge on any atom is -0.378 e. The molecule has 1 N–H and O–H groups in total. The van der Waals surface area contributed by atoms with Gasteiger partial charge >= 0.3 is 0 Å². The highest BCUT2D eigenvalue weighted by molar-refractivity contribution is 5.99. The van der Waals surface area contributed by atoms with Crippen LogP contribution in [0, 0.1) is 13.8 Å². The van der Waals surface area contributed by atoms with Crippen molar-refractivity contribution in [3.63, 3.8) is 0 Å². The van der Waals surface area contributed by atoms with Gasteiger partial charge in [0.15, 0.2) is 0 Å². The summed E-state index contributed by atoms with van der Waals surface area (Å²) in [6, 6.07) is 14.6. The lowest BCUT2D eigenvalue weighted by atomic mass is 10.1. The van der Waals surface area contributed by atoms with Crippen molar-refractivity contribution in [1.82, 2.24) is 9.88 Å². The van der Waals surface area contributed by atoms with Crippen LogP contribution < -0.4 is 4.90 Å². The van der Waals surface area contributed by atoms with Crippen molar-refractivity contribution in [2.24, 2.45) is 0 Å². The fourth-order valence-corrected chi connectivity index (χ4v) is 3.33. The summed E-state index contributed by atoms with van der Waals surface area (Å²) in [5.41, 5.74) is 6.36. The van der Waals surface area contributed by atoms with E-state index in [1.165, 1.54) is 11.1 Å². The van der Waals surface area contributed by atoms with Gasteiger partial charge in [-0.1, -0.05) is 18.2 Å². The third-order valence-corrected chi connectivity index (χ3v) is 4.81. The predicted molar refractivity (Wildman–Crippen MR) is 109 cm³/mol. The molecular weight excluding hydrogens is 322 g/mol. The number of hydrogen-bond acceptors (Lipinski definition) is 2. The average molecular weight is 349 g/mol. The fourth-order valence-electron chi connectivity index (χ4n) is 3.33. The van der Waals surface area contributed by atoms with Crippen LogP contribution in [0.2, 0.25) is 0 Å². The highest BCUT2D eigenvalue weighted by Gasteiger charge is 2.17. The summed E-state index contributed by atoms with van der Waals surface area (Å²) < 4.78 is 0. The Morgan fingerprint density at radius 1 is 1.04 bits per heavy atom. The number of rotatable bonds is 5. The van der Waals surface area contributed by atoms with Gasteiger partial charge in [0.25, 0.3) is 5.91 Å². The quantitative estimate of drug-likeness (QED) is 0.736. The van der Waals surface area contributed by atoms with Gasteiger partial charge in [-0.15, -0.1) is 0 Å². The first kappa shape index (κ1) is 18.1. The van der Waals surface area contributed by atoms with Gasteiger partial charge in [0.05, 0.1) is 0 Å². The topological polar surface area (TPSA) is 39.3 Å². The number of nitrogens with zero attached hydrogens (tertiary/aromatic N) is 2. The Hall–Kier alpha value is -2.75. The minimum atomic E-state index is 0.0393. The van der Waals surface area contributed by atoms with Crippen LogP contribution in [0.3, 0.4) is 0 Å². The number of fused-ring (bicyclic) bond motifs is 1. The molecule has 1 aromatic heterocycles. The summed E-state index contributed by atoms with van der Waals surface area (Å²) >= 11 is 0. The lowest BCUT2D eigenvalue weighted by molar-refractivity contribution is 0.0747. The summed E-state index contributed by atoms with van der Waals surface area (Å²) in [5.74, 6) is 0.0393. The van der Waals surface area contributed by atoms with E-state index in [0.717, 1.165) is 22.2 Å². The maximum Gasteiger partial charge on any atom is 0.270 e. The first-order valence-electron chi connectivity index (χ1n) is 9.04. The number of amides is 1. The number of nitrogens with one attached hydrogen (secondary N) is 1. The van der Waals surface area contributed by atoms with Crippen LogP contribution in [0.5, 0.6) is 0 Å². The SMILES string of the molecule is CCN(Cc1ccc(N(C)C)cc1)C(=O)c1cc2c(C)cc(C)cc2[nH]1. The zero-order valence-electron chi connectivity index (χ0n) is 16.3. The molecule has 1 heterocycles. The van der Waals surface area contributed by atoms with Crippen molar-refractivity contribution in [3.05, 3.63) is 64.8 Å². The molecule has 0 atom stereocenters. The van der Waals surface area contributed by atoms with Crippen LogP contribution in [0.4, 0.5) is 5.69 Å². The normalized spacial score (nSPS) is 11.0. The van der Waals surface area contributed by atoms with E-state index in [1.807, 2.05) is 32.0 Å². The number of aromatic amines is 1. The summed E-state index contributed by atoms with van der Waals surface area (Å²) in [6.45, 7) is 7.45. The number of benzene rings is 2. The zero-order valence-corrected chi connectivity index (χ0v) is 16.3. The molecule has 0 aliphatic rings. The van der Waals surface area contributed by atoms with Gasteiger partial charge in [0, 0.05) is 43.8 Å². The van der Waals surface area contributed by atoms with Crippen LogP contribution in [0.25, 0.3) is 10.9 Å². The summed E-state index contributed by atoms with van der Waals surface area (Å²) in [7, 11) is 4.05. The number of carbonyl (C=O) groups is 1. The smallest absolute Gasteiger partial charge is 0.270 e.